The van der Waals surface area contributed by atoms with E-state index in [-0.39, 0.29) is 17.2 Å². The molecule has 162 valence electrons. The summed E-state index contributed by atoms with van der Waals surface area (Å²) in [7, 11) is 0. The Morgan fingerprint density at radius 2 is 1.48 bits per heavy atom. The van der Waals surface area contributed by atoms with Gasteiger partial charge in [0.25, 0.3) is 5.91 Å². The van der Waals surface area contributed by atoms with Gasteiger partial charge < -0.3 is 10.1 Å². The molecule has 1 amide bonds. The van der Waals surface area contributed by atoms with Crippen LogP contribution >= 0.6 is 22.9 Å². The Bertz CT molecular complexity index is 1150. The third-order valence-electron chi connectivity index (χ3n) is 4.09. The highest BCUT2D eigenvalue weighted by Gasteiger charge is 2.31. The second kappa shape index (κ2) is 9.03. The van der Waals surface area contributed by atoms with Crippen LogP contribution in [0.3, 0.4) is 0 Å². The number of amides is 1. The summed E-state index contributed by atoms with van der Waals surface area (Å²) in [5.74, 6) is -14.0. The zero-order valence-corrected chi connectivity index (χ0v) is 17.1. The van der Waals surface area contributed by atoms with Crippen LogP contribution in [0.2, 0.25) is 5.02 Å². The minimum atomic E-state index is -2.39. The molecular weight excluding hydrogens is 465 g/mol. The first-order valence-corrected chi connectivity index (χ1v) is 9.80. The summed E-state index contributed by atoms with van der Waals surface area (Å²) in [5.41, 5.74) is -0.993. The number of hydrogen-bond acceptors (Lipinski definition) is 4. The Kier molecular flexibility index (Phi) is 6.61. The number of ether oxygens (including phenoxy) is 1. The zero-order chi connectivity index (χ0) is 22.9. The molecule has 0 saturated carbocycles. The van der Waals surface area contributed by atoms with Crippen LogP contribution in [-0.2, 0) is 4.74 Å². The molecule has 0 spiro atoms. The molecule has 1 aromatic heterocycles. The quantitative estimate of drug-likeness (QED) is 0.207. The van der Waals surface area contributed by atoms with Crippen LogP contribution in [0, 0.1) is 29.1 Å². The number of rotatable bonds is 5. The summed E-state index contributed by atoms with van der Waals surface area (Å²) in [6, 6.07) is 6.28. The zero-order valence-electron chi connectivity index (χ0n) is 15.5. The van der Waals surface area contributed by atoms with Crippen LogP contribution < -0.4 is 5.32 Å². The van der Waals surface area contributed by atoms with Crippen LogP contribution in [0.25, 0.3) is 11.1 Å². The van der Waals surface area contributed by atoms with E-state index in [1.807, 2.05) is 5.32 Å². The highest BCUT2D eigenvalue weighted by molar-refractivity contribution is 7.15. The monoisotopic (exact) mass is 475 g/mol. The van der Waals surface area contributed by atoms with Gasteiger partial charge in [0.1, 0.15) is 16.1 Å². The van der Waals surface area contributed by atoms with Crippen LogP contribution in [-0.4, -0.2) is 18.5 Å². The fourth-order valence-corrected chi connectivity index (χ4v) is 3.75. The number of carbonyl (C=O) groups excluding carboxylic acids is 2. The van der Waals surface area contributed by atoms with E-state index < -0.39 is 46.5 Å². The predicted octanol–water partition coefficient (Wildman–Crippen LogP) is 6.19. The van der Waals surface area contributed by atoms with Crippen molar-refractivity contribution >= 4 is 39.8 Å². The molecule has 3 rings (SSSR count). The van der Waals surface area contributed by atoms with Gasteiger partial charge in [-0.05, 0) is 24.6 Å². The average molecular weight is 476 g/mol. The topological polar surface area (TPSA) is 55.4 Å². The highest BCUT2D eigenvalue weighted by atomic mass is 35.5. The smallest absolute Gasteiger partial charge is 0.341 e. The Morgan fingerprint density at radius 1 is 0.935 bits per heavy atom. The van der Waals surface area contributed by atoms with Crippen LogP contribution in [0.4, 0.5) is 27.0 Å². The minimum Gasteiger partial charge on any atom is -0.462 e. The first kappa shape index (κ1) is 22.7. The predicted molar refractivity (Wildman–Crippen MR) is 105 cm³/mol. The van der Waals surface area contributed by atoms with Gasteiger partial charge in [0.15, 0.2) is 23.3 Å². The Morgan fingerprint density at radius 3 is 2.03 bits per heavy atom. The Hall–Kier alpha value is -2.98. The SMILES string of the molecule is CCOC(=O)c1c(-c2ccc(Cl)cc2)csc1NC(=O)c1c(F)c(F)c(F)c(F)c1F. The highest BCUT2D eigenvalue weighted by Crippen LogP contribution is 2.37. The average Bonchev–Trinajstić information content (AvgIpc) is 3.15. The molecule has 0 saturated heterocycles. The van der Waals surface area contributed by atoms with E-state index in [1.165, 1.54) is 5.38 Å². The van der Waals surface area contributed by atoms with Gasteiger partial charge in [0.05, 0.1) is 6.61 Å². The van der Waals surface area contributed by atoms with Gasteiger partial charge >= 0.3 is 5.97 Å². The van der Waals surface area contributed by atoms with Crippen LogP contribution in [0.1, 0.15) is 27.6 Å². The summed E-state index contributed by atoms with van der Waals surface area (Å²) < 4.78 is 73.0. The molecule has 0 bridgehead atoms. The van der Waals surface area contributed by atoms with Gasteiger partial charge in [-0.25, -0.2) is 26.7 Å². The van der Waals surface area contributed by atoms with Gasteiger partial charge in [0, 0.05) is 16.0 Å². The lowest BCUT2D eigenvalue weighted by Gasteiger charge is -2.11. The first-order valence-electron chi connectivity index (χ1n) is 8.54. The molecule has 11 heteroatoms. The van der Waals surface area contributed by atoms with Crippen molar-refractivity contribution in [2.75, 3.05) is 11.9 Å². The molecule has 0 aliphatic carbocycles. The van der Waals surface area contributed by atoms with E-state index in [0.29, 0.717) is 16.1 Å². The largest absolute Gasteiger partial charge is 0.462 e. The molecule has 0 fully saturated rings. The summed E-state index contributed by atoms with van der Waals surface area (Å²) in [5, 5.41) is 3.73. The normalized spacial score (nSPS) is 10.8. The molecule has 0 radical (unpaired) electrons. The molecular formula is C20H11ClF5NO3S. The molecule has 3 aromatic rings. The summed E-state index contributed by atoms with van der Waals surface area (Å²) >= 11 is 6.66. The lowest BCUT2D eigenvalue weighted by atomic mass is 10.0. The van der Waals surface area contributed by atoms with Crippen molar-refractivity contribution < 1.29 is 36.3 Å². The summed E-state index contributed by atoms with van der Waals surface area (Å²) in [6.45, 7) is 1.53. The molecule has 0 aliphatic heterocycles. The number of carbonyl (C=O) groups is 2. The van der Waals surface area contributed by atoms with E-state index in [2.05, 4.69) is 0 Å². The summed E-state index contributed by atoms with van der Waals surface area (Å²) in [4.78, 5) is 24.9. The maximum absolute atomic E-state index is 14.0. The van der Waals surface area contributed by atoms with Crippen molar-refractivity contribution in [3.8, 4) is 11.1 Å². The molecule has 4 nitrogen and oxygen atoms in total. The fraction of sp³-hybridized carbons (Fsp3) is 0.100. The van der Waals surface area contributed by atoms with Crippen molar-refractivity contribution in [3.05, 3.63) is 74.9 Å². The van der Waals surface area contributed by atoms with E-state index in [1.54, 1.807) is 31.2 Å². The molecule has 2 aromatic carbocycles. The molecule has 0 unspecified atom stereocenters. The van der Waals surface area contributed by atoms with Gasteiger partial charge in [-0.2, -0.15) is 0 Å². The van der Waals surface area contributed by atoms with Crippen molar-refractivity contribution in [2.45, 2.75) is 6.92 Å². The third-order valence-corrected chi connectivity index (χ3v) is 5.24. The molecule has 0 aliphatic rings. The Labute approximate surface area is 181 Å². The Balaban J connectivity index is 2.07. The first-order chi connectivity index (χ1) is 14.7. The number of nitrogens with one attached hydrogen (secondary N) is 1. The third kappa shape index (κ3) is 4.26. The molecule has 1 heterocycles. The van der Waals surface area contributed by atoms with Crippen LogP contribution in [0.5, 0.6) is 0 Å². The van der Waals surface area contributed by atoms with E-state index in [4.69, 9.17) is 16.3 Å². The van der Waals surface area contributed by atoms with Crippen molar-refractivity contribution in [1.82, 2.24) is 0 Å². The van der Waals surface area contributed by atoms with Crippen LogP contribution in [0.15, 0.2) is 29.6 Å². The van der Waals surface area contributed by atoms with Gasteiger partial charge in [-0.3, -0.25) is 4.79 Å². The van der Waals surface area contributed by atoms with Gasteiger partial charge in [-0.1, -0.05) is 23.7 Å². The molecule has 1 N–H and O–H groups in total. The number of anilines is 1. The van der Waals surface area contributed by atoms with E-state index in [9.17, 15) is 31.5 Å². The lowest BCUT2D eigenvalue weighted by molar-refractivity contribution is 0.0529. The maximum atomic E-state index is 14.0. The minimum absolute atomic E-state index is 0.0141. The number of benzene rings is 2. The van der Waals surface area contributed by atoms with Gasteiger partial charge in [0.2, 0.25) is 5.82 Å². The number of thiophene rings is 1. The van der Waals surface area contributed by atoms with Crippen molar-refractivity contribution in [2.24, 2.45) is 0 Å². The second-order valence-electron chi connectivity index (χ2n) is 5.98. The van der Waals surface area contributed by atoms with Crippen molar-refractivity contribution in [1.29, 1.82) is 0 Å². The van der Waals surface area contributed by atoms with Crippen molar-refractivity contribution in [3.63, 3.8) is 0 Å². The molecule has 0 atom stereocenters. The summed E-state index contributed by atoms with van der Waals surface area (Å²) in [6.07, 6.45) is 0. The number of esters is 1. The lowest BCUT2D eigenvalue weighted by Crippen LogP contribution is -2.20. The number of hydrogen-bond donors (Lipinski definition) is 1. The van der Waals surface area contributed by atoms with Gasteiger partial charge in [-0.15, -0.1) is 11.3 Å². The second-order valence-corrected chi connectivity index (χ2v) is 7.30. The number of halogens is 6. The fourth-order valence-electron chi connectivity index (χ4n) is 2.67. The molecule has 31 heavy (non-hydrogen) atoms. The van der Waals surface area contributed by atoms with E-state index in [0.717, 1.165) is 11.3 Å². The maximum Gasteiger partial charge on any atom is 0.341 e. The standard InChI is InChI=1S/C20H11ClF5NO3S/c1-2-30-20(29)11-10(8-3-5-9(21)6-4-8)7-31-19(11)27-18(28)12-13(22)15(24)17(26)16(25)14(12)23/h3-7H,2H2,1H3,(H,27,28). The van der Waals surface area contributed by atoms with E-state index >= 15 is 0 Å².